The molecule has 0 amide bonds. The molecular formula is C13H14ClFN2. The maximum absolute atomic E-state index is 13.0. The minimum Gasteiger partial charge on any atom is -0.331 e. The molecule has 17 heavy (non-hydrogen) atoms. The van der Waals surface area contributed by atoms with Crippen LogP contribution in [0.15, 0.2) is 30.6 Å². The highest BCUT2D eigenvalue weighted by Crippen LogP contribution is 2.17. The average Bonchev–Trinajstić information content (AvgIpc) is 2.72. The predicted octanol–water partition coefficient (Wildman–Crippen LogP) is 3.68. The van der Waals surface area contributed by atoms with Gasteiger partial charge >= 0.3 is 0 Å². The van der Waals surface area contributed by atoms with E-state index in [4.69, 9.17) is 11.6 Å². The maximum Gasteiger partial charge on any atom is 0.141 e. The van der Waals surface area contributed by atoms with Gasteiger partial charge in [-0.25, -0.2) is 9.37 Å². The van der Waals surface area contributed by atoms with E-state index in [0.717, 1.165) is 24.2 Å². The molecule has 1 aromatic carbocycles. The summed E-state index contributed by atoms with van der Waals surface area (Å²) < 4.78 is 15.1. The van der Waals surface area contributed by atoms with Gasteiger partial charge in [0.15, 0.2) is 0 Å². The van der Waals surface area contributed by atoms with Crippen LogP contribution in [0, 0.1) is 5.82 Å². The first kappa shape index (κ1) is 12.1. The molecule has 0 bridgehead atoms. The standard InChI is InChI=1S/C13H14ClFN2/c1-2-3-13-16-6-7-17(13)9-10-4-5-12(15)11(14)8-10/h4-8H,2-3,9H2,1H3. The van der Waals surface area contributed by atoms with Gasteiger partial charge in [0.1, 0.15) is 11.6 Å². The summed E-state index contributed by atoms with van der Waals surface area (Å²) in [5.74, 6) is 0.669. The minimum atomic E-state index is -0.380. The number of benzene rings is 1. The van der Waals surface area contributed by atoms with Crippen LogP contribution >= 0.6 is 11.6 Å². The highest BCUT2D eigenvalue weighted by atomic mass is 35.5. The summed E-state index contributed by atoms with van der Waals surface area (Å²) in [5.41, 5.74) is 0.978. The van der Waals surface area contributed by atoms with Crippen LogP contribution in [0.25, 0.3) is 0 Å². The Bertz CT molecular complexity index is 508. The summed E-state index contributed by atoms with van der Waals surface area (Å²) in [5, 5.41) is 0.166. The molecule has 2 rings (SSSR count). The number of imidazole rings is 1. The Morgan fingerprint density at radius 3 is 2.94 bits per heavy atom. The topological polar surface area (TPSA) is 17.8 Å². The molecule has 90 valence electrons. The largest absolute Gasteiger partial charge is 0.331 e. The number of aryl methyl sites for hydroxylation is 1. The van der Waals surface area contributed by atoms with Crippen molar-refractivity contribution in [1.82, 2.24) is 9.55 Å². The molecule has 0 N–H and O–H groups in total. The number of hydrogen-bond donors (Lipinski definition) is 0. The Balaban J connectivity index is 2.19. The van der Waals surface area contributed by atoms with Crippen molar-refractivity contribution < 1.29 is 4.39 Å². The fraction of sp³-hybridized carbons (Fsp3) is 0.308. The molecule has 0 aliphatic rings. The molecule has 0 saturated carbocycles. The molecule has 2 nitrogen and oxygen atoms in total. The molecule has 0 unspecified atom stereocenters. The summed E-state index contributed by atoms with van der Waals surface area (Å²) >= 11 is 5.76. The van der Waals surface area contributed by atoms with Gasteiger partial charge in [-0.15, -0.1) is 0 Å². The Hall–Kier alpha value is -1.35. The molecule has 0 saturated heterocycles. The normalized spacial score (nSPS) is 10.8. The second-order valence-electron chi connectivity index (χ2n) is 3.97. The van der Waals surface area contributed by atoms with Crippen molar-refractivity contribution in [2.45, 2.75) is 26.3 Å². The first-order valence-electron chi connectivity index (χ1n) is 5.64. The van der Waals surface area contributed by atoms with Gasteiger partial charge in [0.05, 0.1) is 5.02 Å². The zero-order valence-corrected chi connectivity index (χ0v) is 10.4. The van der Waals surface area contributed by atoms with Gasteiger partial charge in [0.2, 0.25) is 0 Å². The summed E-state index contributed by atoms with van der Waals surface area (Å²) in [7, 11) is 0. The molecule has 0 spiro atoms. The minimum absolute atomic E-state index is 0.166. The third-order valence-electron chi connectivity index (χ3n) is 2.61. The van der Waals surface area contributed by atoms with E-state index in [0.29, 0.717) is 6.54 Å². The molecule has 1 heterocycles. The van der Waals surface area contributed by atoms with Crippen molar-refractivity contribution in [3.05, 3.63) is 52.8 Å². The van der Waals surface area contributed by atoms with E-state index in [-0.39, 0.29) is 10.8 Å². The summed E-state index contributed by atoms with van der Waals surface area (Å²) in [4.78, 5) is 4.30. The SMILES string of the molecule is CCCc1nccn1Cc1ccc(F)c(Cl)c1. The third kappa shape index (κ3) is 2.86. The molecular weight excluding hydrogens is 239 g/mol. The van der Waals surface area contributed by atoms with E-state index in [1.165, 1.54) is 6.07 Å². The van der Waals surface area contributed by atoms with Crippen LogP contribution in [0.4, 0.5) is 4.39 Å². The lowest BCUT2D eigenvalue weighted by atomic mass is 10.2. The van der Waals surface area contributed by atoms with Gasteiger partial charge in [-0.2, -0.15) is 0 Å². The van der Waals surface area contributed by atoms with Crippen LogP contribution in [0.5, 0.6) is 0 Å². The Labute approximate surface area is 105 Å². The van der Waals surface area contributed by atoms with Gasteiger partial charge in [-0.1, -0.05) is 24.6 Å². The summed E-state index contributed by atoms with van der Waals surface area (Å²) in [6.45, 7) is 2.79. The second-order valence-corrected chi connectivity index (χ2v) is 4.38. The number of halogens is 2. The van der Waals surface area contributed by atoms with Crippen molar-refractivity contribution >= 4 is 11.6 Å². The van der Waals surface area contributed by atoms with Crippen LogP contribution in [-0.4, -0.2) is 9.55 Å². The van der Waals surface area contributed by atoms with Crippen molar-refractivity contribution in [1.29, 1.82) is 0 Å². The van der Waals surface area contributed by atoms with Crippen LogP contribution < -0.4 is 0 Å². The highest BCUT2D eigenvalue weighted by molar-refractivity contribution is 6.30. The molecule has 0 aliphatic carbocycles. The van der Waals surface area contributed by atoms with Crippen molar-refractivity contribution in [2.24, 2.45) is 0 Å². The van der Waals surface area contributed by atoms with Crippen molar-refractivity contribution in [2.75, 3.05) is 0 Å². The molecule has 0 atom stereocenters. The van der Waals surface area contributed by atoms with Crippen LogP contribution in [-0.2, 0) is 13.0 Å². The first-order valence-corrected chi connectivity index (χ1v) is 6.02. The molecule has 1 aromatic heterocycles. The van der Waals surface area contributed by atoms with Gasteiger partial charge in [0, 0.05) is 25.4 Å². The van der Waals surface area contributed by atoms with Gasteiger partial charge in [-0.05, 0) is 24.1 Å². The number of rotatable bonds is 4. The van der Waals surface area contributed by atoms with E-state index in [9.17, 15) is 4.39 Å². The Morgan fingerprint density at radius 2 is 2.24 bits per heavy atom. The van der Waals surface area contributed by atoms with Gasteiger partial charge in [0.25, 0.3) is 0 Å². The Kier molecular flexibility index (Phi) is 3.79. The lowest BCUT2D eigenvalue weighted by Gasteiger charge is -2.07. The summed E-state index contributed by atoms with van der Waals surface area (Å²) in [6.07, 6.45) is 5.72. The molecule has 4 heteroatoms. The van der Waals surface area contributed by atoms with Crippen molar-refractivity contribution in [3.8, 4) is 0 Å². The number of aromatic nitrogens is 2. The zero-order valence-electron chi connectivity index (χ0n) is 9.66. The molecule has 0 radical (unpaired) electrons. The van der Waals surface area contributed by atoms with E-state index >= 15 is 0 Å². The van der Waals surface area contributed by atoms with E-state index in [2.05, 4.69) is 16.5 Å². The van der Waals surface area contributed by atoms with Gasteiger partial charge in [-0.3, -0.25) is 0 Å². The Morgan fingerprint density at radius 1 is 1.41 bits per heavy atom. The van der Waals surface area contributed by atoms with Crippen molar-refractivity contribution in [3.63, 3.8) is 0 Å². The lowest BCUT2D eigenvalue weighted by molar-refractivity contribution is 0.626. The van der Waals surface area contributed by atoms with Crippen LogP contribution in [0.1, 0.15) is 24.7 Å². The quantitative estimate of drug-likeness (QED) is 0.812. The van der Waals surface area contributed by atoms with E-state index in [1.807, 2.05) is 6.20 Å². The van der Waals surface area contributed by atoms with E-state index in [1.54, 1.807) is 18.3 Å². The maximum atomic E-state index is 13.0. The monoisotopic (exact) mass is 252 g/mol. The first-order chi connectivity index (χ1) is 8.20. The third-order valence-corrected chi connectivity index (χ3v) is 2.90. The fourth-order valence-electron chi connectivity index (χ4n) is 1.77. The molecule has 0 aliphatic heterocycles. The average molecular weight is 253 g/mol. The molecule has 0 fully saturated rings. The number of hydrogen-bond acceptors (Lipinski definition) is 1. The van der Waals surface area contributed by atoms with Crippen LogP contribution in [0.3, 0.4) is 0 Å². The number of nitrogens with zero attached hydrogens (tertiary/aromatic N) is 2. The lowest BCUT2D eigenvalue weighted by Crippen LogP contribution is -2.04. The molecule has 2 aromatic rings. The second kappa shape index (κ2) is 5.32. The smallest absolute Gasteiger partial charge is 0.141 e. The van der Waals surface area contributed by atoms with E-state index < -0.39 is 0 Å². The highest BCUT2D eigenvalue weighted by Gasteiger charge is 2.05. The summed E-state index contributed by atoms with van der Waals surface area (Å²) in [6, 6.07) is 4.80. The predicted molar refractivity (Wildman–Crippen MR) is 66.7 cm³/mol. The van der Waals surface area contributed by atoms with Crippen LogP contribution in [0.2, 0.25) is 5.02 Å². The fourth-order valence-corrected chi connectivity index (χ4v) is 1.97. The zero-order chi connectivity index (χ0) is 12.3. The van der Waals surface area contributed by atoms with Gasteiger partial charge < -0.3 is 4.57 Å².